The first-order chi connectivity index (χ1) is 15.9. The third-order valence-electron chi connectivity index (χ3n) is 6.23. The van der Waals surface area contributed by atoms with Gasteiger partial charge in [0.25, 0.3) is 5.91 Å². The number of phenolic OH excluding ortho intramolecular Hbond substituents is 1. The minimum Gasteiger partial charge on any atom is -0.503 e. The number of ether oxygens (including phenoxy) is 1. The summed E-state index contributed by atoms with van der Waals surface area (Å²) in [7, 11) is 1.46. The normalized spacial score (nSPS) is 15.5. The van der Waals surface area contributed by atoms with E-state index in [0.717, 1.165) is 26.1 Å². The van der Waals surface area contributed by atoms with Crippen LogP contribution in [0.5, 0.6) is 11.5 Å². The van der Waals surface area contributed by atoms with Crippen LogP contribution in [0.1, 0.15) is 48.0 Å². The van der Waals surface area contributed by atoms with Crippen molar-refractivity contribution in [2.75, 3.05) is 33.3 Å². The lowest BCUT2D eigenvalue weighted by Gasteiger charge is -2.27. The average Bonchev–Trinajstić information content (AvgIpc) is 3.10. The van der Waals surface area contributed by atoms with Gasteiger partial charge < -0.3 is 24.1 Å². The van der Waals surface area contributed by atoms with Crippen molar-refractivity contribution in [2.24, 2.45) is 0 Å². The first-order valence-corrected chi connectivity index (χ1v) is 11.9. The molecule has 2 aromatic carbocycles. The number of hydrogen-bond donors (Lipinski definition) is 1. The largest absolute Gasteiger partial charge is 0.503 e. The zero-order chi connectivity index (χ0) is 23.7. The van der Waals surface area contributed by atoms with Crippen LogP contribution in [0, 0.1) is 0 Å². The Balaban J connectivity index is 1.85. The van der Waals surface area contributed by atoms with Crippen LogP contribution in [0.25, 0.3) is 11.0 Å². The smallest absolute Gasteiger partial charge is 0.290 e. The minimum absolute atomic E-state index is 0.0376. The molecular formula is C25H27BrN2O5. The van der Waals surface area contributed by atoms with Crippen LogP contribution in [0.15, 0.2) is 50.1 Å². The fraction of sp³-hybridized carbons (Fsp3) is 0.360. The van der Waals surface area contributed by atoms with Crippen molar-refractivity contribution in [3.8, 4) is 11.5 Å². The molecule has 0 spiro atoms. The summed E-state index contributed by atoms with van der Waals surface area (Å²) in [6.45, 7) is 7.38. The highest BCUT2D eigenvalue weighted by Gasteiger charge is 2.42. The van der Waals surface area contributed by atoms with Crippen LogP contribution in [0.2, 0.25) is 0 Å². The predicted molar refractivity (Wildman–Crippen MR) is 130 cm³/mol. The van der Waals surface area contributed by atoms with Crippen LogP contribution >= 0.6 is 15.9 Å². The summed E-state index contributed by atoms with van der Waals surface area (Å²) in [5.74, 6) is -0.00626. The van der Waals surface area contributed by atoms with E-state index in [2.05, 4.69) is 34.7 Å². The highest BCUT2D eigenvalue weighted by molar-refractivity contribution is 9.10. The molecule has 1 aromatic heterocycles. The highest BCUT2D eigenvalue weighted by Crippen LogP contribution is 2.43. The summed E-state index contributed by atoms with van der Waals surface area (Å²) in [5, 5.41) is 10.7. The van der Waals surface area contributed by atoms with E-state index in [9.17, 15) is 14.7 Å². The van der Waals surface area contributed by atoms with Crippen molar-refractivity contribution < 1.29 is 19.1 Å². The minimum atomic E-state index is -0.643. The summed E-state index contributed by atoms with van der Waals surface area (Å²) in [6.07, 6.45) is 0.752. The van der Waals surface area contributed by atoms with Crippen LogP contribution in [-0.4, -0.2) is 54.1 Å². The van der Waals surface area contributed by atoms with E-state index in [4.69, 9.17) is 9.15 Å². The molecule has 0 saturated heterocycles. The monoisotopic (exact) mass is 514 g/mol. The van der Waals surface area contributed by atoms with Gasteiger partial charge in [0.05, 0.1) is 28.6 Å². The Morgan fingerprint density at radius 1 is 1.18 bits per heavy atom. The van der Waals surface area contributed by atoms with E-state index >= 15 is 0 Å². The maximum absolute atomic E-state index is 13.5. The number of benzene rings is 2. The Kier molecular flexibility index (Phi) is 6.76. The number of carbonyl (C=O) groups is 1. The number of nitrogens with zero attached hydrogens (tertiary/aromatic N) is 2. The molecule has 174 valence electrons. The average molecular weight is 515 g/mol. The topological polar surface area (TPSA) is 83.2 Å². The van der Waals surface area contributed by atoms with Gasteiger partial charge in [0.2, 0.25) is 5.76 Å². The molecule has 1 atom stereocenters. The molecule has 33 heavy (non-hydrogen) atoms. The molecule has 0 aliphatic carbocycles. The second-order valence-electron chi connectivity index (χ2n) is 8.01. The molecule has 1 N–H and O–H groups in total. The number of fused-ring (bicyclic) bond motifs is 2. The van der Waals surface area contributed by atoms with Crippen LogP contribution in [0.4, 0.5) is 0 Å². The van der Waals surface area contributed by atoms with Gasteiger partial charge in [0.1, 0.15) is 5.58 Å². The molecule has 3 aromatic rings. The number of methoxy groups -OCH3 is 1. The van der Waals surface area contributed by atoms with Gasteiger partial charge >= 0.3 is 0 Å². The molecule has 1 unspecified atom stereocenters. The predicted octanol–water partition coefficient (Wildman–Crippen LogP) is 4.55. The lowest BCUT2D eigenvalue weighted by molar-refractivity contribution is 0.0720. The number of phenols is 1. The zero-order valence-corrected chi connectivity index (χ0v) is 20.5. The maximum Gasteiger partial charge on any atom is 0.290 e. The molecule has 1 amide bonds. The Labute approximate surface area is 200 Å². The Hall–Kier alpha value is -2.84. The van der Waals surface area contributed by atoms with Crippen molar-refractivity contribution in [2.45, 2.75) is 26.3 Å². The van der Waals surface area contributed by atoms with Gasteiger partial charge in [0, 0.05) is 6.54 Å². The SMILES string of the molecule is CCN(CC)CCCN1C(=O)c2oc3ccccc3c(=O)c2C1c1cc(Br)c(O)c(OC)c1. The molecule has 0 bridgehead atoms. The van der Waals surface area contributed by atoms with Gasteiger partial charge in [-0.15, -0.1) is 0 Å². The quantitative estimate of drug-likeness (QED) is 0.474. The first-order valence-electron chi connectivity index (χ1n) is 11.1. The second kappa shape index (κ2) is 9.57. The standard InChI is InChI=1S/C25H27BrN2O5/c1-4-27(5-2)11-8-12-28-21(15-13-17(26)23(30)19(14-15)32-3)20-22(29)16-9-6-7-10-18(16)33-24(20)25(28)31/h6-7,9-10,13-14,21,30H,4-5,8,11-12H2,1-3H3. The summed E-state index contributed by atoms with van der Waals surface area (Å²) >= 11 is 3.37. The molecule has 7 nitrogen and oxygen atoms in total. The molecule has 0 saturated carbocycles. The van der Waals surface area contributed by atoms with Crippen LogP contribution < -0.4 is 10.2 Å². The number of aromatic hydroxyl groups is 1. The third-order valence-corrected chi connectivity index (χ3v) is 6.83. The number of carbonyl (C=O) groups excluding carboxylic acids is 1. The molecule has 4 rings (SSSR count). The molecule has 0 fully saturated rings. The van der Waals surface area contributed by atoms with Crippen LogP contribution in [-0.2, 0) is 0 Å². The molecule has 8 heteroatoms. The van der Waals surface area contributed by atoms with Gasteiger partial charge in [-0.25, -0.2) is 0 Å². The van der Waals surface area contributed by atoms with Crippen LogP contribution in [0.3, 0.4) is 0 Å². The van der Waals surface area contributed by atoms with Crippen molar-refractivity contribution >= 4 is 32.8 Å². The third kappa shape index (κ3) is 4.13. The Morgan fingerprint density at radius 3 is 2.61 bits per heavy atom. The molecule has 1 aliphatic rings. The van der Waals surface area contributed by atoms with Gasteiger partial charge in [-0.3, -0.25) is 9.59 Å². The van der Waals surface area contributed by atoms with E-state index in [-0.39, 0.29) is 28.6 Å². The summed E-state index contributed by atoms with van der Waals surface area (Å²) in [6, 6.07) is 9.70. The fourth-order valence-electron chi connectivity index (χ4n) is 4.46. The van der Waals surface area contributed by atoms with E-state index in [1.54, 1.807) is 41.3 Å². The van der Waals surface area contributed by atoms with Gasteiger partial charge in [-0.05, 0) is 71.8 Å². The van der Waals surface area contributed by atoms with Gasteiger partial charge in [0.15, 0.2) is 16.9 Å². The number of halogens is 1. The Morgan fingerprint density at radius 2 is 1.91 bits per heavy atom. The van der Waals surface area contributed by atoms with E-state index in [1.165, 1.54) is 7.11 Å². The number of amides is 1. The first kappa shape index (κ1) is 23.3. The highest BCUT2D eigenvalue weighted by atomic mass is 79.9. The fourth-order valence-corrected chi connectivity index (χ4v) is 4.92. The summed E-state index contributed by atoms with van der Waals surface area (Å²) in [5.41, 5.74) is 1.15. The molecule has 0 radical (unpaired) electrons. The van der Waals surface area contributed by atoms with E-state index < -0.39 is 6.04 Å². The number of para-hydroxylation sites is 1. The molecular weight excluding hydrogens is 488 g/mol. The van der Waals surface area contributed by atoms with Crippen molar-refractivity contribution in [1.82, 2.24) is 9.80 Å². The number of rotatable bonds is 8. The maximum atomic E-state index is 13.5. The summed E-state index contributed by atoms with van der Waals surface area (Å²) in [4.78, 5) is 31.0. The Bertz CT molecular complexity index is 1250. The van der Waals surface area contributed by atoms with Gasteiger partial charge in [-0.2, -0.15) is 0 Å². The van der Waals surface area contributed by atoms with Crippen molar-refractivity contribution in [1.29, 1.82) is 0 Å². The van der Waals surface area contributed by atoms with E-state index in [1.807, 2.05) is 0 Å². The lowest BCUT2D eigenvalue weighted by Crippen LogP contribution is -2.33. The van der Waals surface area contributed by atoms with E-state index in [0.29, 0.717) is 33.1 Å². The molecule has 2 heterocycles. The second-order valence-corrected chi connectivity index (χ2v) is 8.86. The van der Waals surface area contributed by atoms with Crippen molar-refractivity contribution in [3.05, 3.63) is 68.0 Å². The van der Waals surface area contributed by atoms with Crippen molar-refractivity contribution in [3.63, 3.8) is 0 Å². The lowest BCUT2D eigenvalue weighted by atomic mass is 9.98. The van der Waals surface area contributed by atoms with Gasteiger partial charge in [-0.1, -0.05) is 26.0 Å². The number of hydrogen-bond acceptors (Lipinski definition) is 6. The summed E-state index contributed by atoms with van der Waals surface area (Å²) < 4.78 is 11.7. The molecule has 1 aliphatic heterocycles. The zero-order valence-electron chi connectivity index (χ0n) is 18.9.